The molecule has 1 N–H and O–H groups in total. The zero-order valence-corrected chi connectivity index (χ0v) is 16.5. The van der Waals surface area contributed by atoms with E-state index in [1.807, 2.05) is 0 Å². The maximum absolute atomic E-state index is 12.1. The molecule has 0 unspecified atom stereocenters. The lowest BCUT2D eigenvalue weighted by molar-refractivity contribution is -0.384. The number of rotatable bonds is 6. The second kappa shape index (κ2) is 9.08. The van der Waals surface area contributed by atoms with Gasteiger partial charge in [-0.2, -0.15) is 0 Å². The summed E-state index contributed by atoms with van der Waals surface area (Å²) in [7, 11) is 0. The largest absolute Gasteiger partial charge is 0.486 e. The summed E-state index contributed by atoms with van der Waals surface area (Å²) in [5.74, 6) is -0.179. The molecule has 1 aliphatic rings. The first kappa shape index (κ1) is 20.8. The van der Waals surface area contributed by atoms with E-state index in [0.717, 1.165) is 11.1 Å². The van der Waals surface area contributed by atoms with Crippen molar-refractivity contribution in [1.29, 1.82) is 0 Å². The third-order valence-corrected chi connectivity index (χ3v) is 4.41. The summed E-state index contributed by atoms with van der Waals surface area (Å²) in [5, 5.41) is 13.6. The van der Waals surface area contributed by atoms with Gasteiger partial charge in [0.25, 0.3) is 11.6 Å². The first-order valence-corrected chi connectivity index (χ1v) is 9.13. The van der Waals surface area contributed by atoms with E-state index in [0.29, 0.717) is 30.3 Å². The van der Waals surface area contributed by atoms with Gasteiger partial charge >= 0.3 is 5.97 Å². The van der Waals surface area contributed by atoms with Crippen LogP contribution in [-0.4, -0.2) is 36.6 Å². The number of nitrogens with zero attached hydrogens (tertiary/aromatic N) is 1. The van der Waals surface area contributed by atoms with Gasteiger partial charge in [0.1, 0.15) is 18.9 Å². The van der Waals surface area contributed by atoms with Gasteiger partial charge in [-0.05, 0) is 54.8 Å². The lowest BCUT2D eigenvalue weighted by atomic mass is 10.1. The lowest BCUT2D eigenvalue weighted by Gasteiger charge is -2.18. The molecule has 0 bridgehead atoms. The fraction of sp³-hybridized carbons (Fsp3) is 0.238. The highest BCUT2D eigenvalue weighted by Gasteiger charge is 2.18. The van der Waals surface area contributed by atoms with Crippen molar-refractivity contribution in [3.8, 4) is 11.5 Å². The Bertz CT molecular complexity index is 1030. The molecule has 2 aromatic rings. The van der Waals surface area contributed by atoms with Crippen molar-refractivity contribution in [3.63, 3.8) is 0 Å². The Balaban J connectivity index is 1.56. The molecule has 0 saturated carbocycles. The molecular weight excluding hydrogens is 392 g/mol. The molecule has 0 saturated heterocycles. The average molecular weight is 412 g/mol. The quantitative estimate of drug-likeness (QED) is 0.335. The van der Waals surface area contributed by atoms with E-state index in [2.05, 4.69) is 5.32 Å². The maximum atomic E-state index is 12.1. The van der Waals surface area contributed by atoms with Crippen molar-refractivity contribution in [1.82, 2.24) is 0 Å². The lowest BCUT2D eigenvalue weighted by Crippen LogP contribution is -2.20. The summed E-state index contributed by atoms with van der Waals surface area (Å²) in [5.41, 5.74) is 2.05. The number of hydrogen-bond donors (Lipinski definition) is 1. The van der Waals surface area contributed by atoms with Crippen LogP contribution in [0, 0.1) is 24.0 Å². The van der Waals surface area contributed by atoms with E-state index in [-0.39, 0.29) is 11.4 Å². The number of anilines is 1. The van der Waals surface area contributed by atoms with Crippen LogP contribution < -0.4 is 14.8 Å². The minimum absolute atomic E-state index is 0.0518. The van der Waals surface area contributed by atoms with Crippen LogP contribution in [0.5, 0.6) is 11.5 Å². The molecule has 3 rings (SSSR count). The standard InChI is InChI=1S/C21H20N2O7/c1-13-9-16(17(23(26)27)10-14(13)2)22-20(24)12-30-21(25)6-4-15-3-5-18-19(11-15)29-8-7-28-18/h3-6,9-11H,7-8,12H2,1-2H3,(H,22,24)/b6-4+. The predicted molar refractivity (Wildman–Crippen MR) is 109 cm³/mol. The molecule has 9 nitrogen and oxygen atoms in total. The van der Waals surface area contributed by atoms with Gasteiger partial charge in [0.15, 0.2) is 18.1 Å². The van der Waals surface area contributed by atoms with Gasteiger partial charge in [0, 0.05) is 12.1 Å². The molecular formula is C21H20N2O7. The SMILES string of the molecule is Cc1cc(NC(=O)COC(=O)/C=C/c2ccc3c(c2)OCCO3)c([N+](=O)[O-])cc1C. The van der Waals surface area contributed by atoms with Crippen molar-refractivity contribution < 1.29 is 28.7 Å². The molecule has 156 valence electrons. The number of carbonyl (C=O) groups excluding carboxylic acids is 2. The first-order chi connectivity index (χ1) is 14.3. The van der Waals surface area contributed by atoms with Crippen LogP contribution in [0.4, 0.5) is 11.4 Å². The van der Waals surface area contributed by atoms with Crippen molar-refractivity contribution in [3.05, 3.63) is 63.2 Å². The van der Waals surface area contributed by atoms with Gasteiger partial charge < -0.3 is 19.5 Å². The molecule has 0 fully saturated rings. The minimum Gasteiger partial charge on any atom is -0.486 e. The van der Waals surface area contributed by atoms with E-state index in [9.17, 15) is 19.7 Å². The smallest absolute Gasteiger partial charge is 0.331 e. The molecule has 1 aliphatic heterocycles. The van der Waals surface area contributed by atoms with E-state index in [1.165, 1.54) is 24.3 Å². The summed E-state index contributed by atoms with van der Waals surface area (Å²) < 4.78 is 15.8. The molecule has 30 heavy (non-hydrogen) atoms. The van der Waals surface area contributed by atoms with Crippen LogP contribution in [0.15, 0.2) is 36.4 Å². The number of nitro benzene ring substituents is 1. The highest BCUT2D eigenvalue weighted by atomic mass is 16.6. The summed E-state index contributed by atoms with van der Waals surface area (Å²) >= 11 is 0. The molecule has 1 heterocycles. The van der Waals surface area contributed by atoms with Crippen LogP contribution >= 0.6 is 0 Å². The Labute approximate surface area is 172 Å². The fourth-order valence-corrected chi connectivity index (χ4v) is 2.75. The molecule has 2 aromatic carbocycles. The van der Waals surface area contributed by atoms with Gasteiger partial charge in [-0.25, -0.2) is 4.79 Å². The van der Waals surface area contributed by atoms with E-state index in [1.54, 1.807) is 32.0 Å². The van der Waals surface area contributed by atoms with Crippen molar-refractivity contribution in [2.75, 3.05) is 25.1 Å². The third kappa shape index (κ3) is 5.13. The van der Waals surface area contributed by atoms with E-state index < -0.39 is 23.4 Å². The molecule has 9 heteroatoms. The number of amides is 1. The number of nitro groups is 1. The second-order valence-corrected chi connectivity index (χ2v) is 6.60. The number of ether oxygens (including phenoxy) is 3. The number of aryl methyl sites for hydroxylation is 2. The molecule has 0 atom stereocenters. The number of hydrogen-bond acceptors (Lipinski definition) is 7. The second-order valence-electron chi connectivity index (χ2n) is 6.60. The predicted octanol–water partition coefficient (Wildman–Crippen LogP) is 3.18. The van der Waals surface area contributed by atoms with E-state index in [4.69, 9.17) is 14.2 Å². The molecule has 0 aromatic heterocycles. The molecule has 0 radical (unpaired) electrons. The van der Waals surface area contributed by atoms with Crippen LogP contribution in [0.2, 0.25) is 0 Å². The topological polar surface area (TPSA) is 117 Å². The zero-order valence-electron chi connectivity index (χ0n) is 16.5. The summed E-state index contributed by atoms with van der Waals surface area (Å²) in [6.07, 6.45) is 2.70. The van der Waals surface area contributed by atoms with Crippen molar-refractivity contribution in [2.24, 2.45) is 0 Å². The first-order valence-electron chi connectivity index (χ1n) is 9.13. The molecule has 0 aliphatic carbocycles. The minimum atomic E-state index is -0.727. The Hall–Kier alpha value is -3.88. The van der Waals surface area contributed by atoms with Gasteiger partial charge in [-0.3, -0.25) is 14.9 Å². The molecule has 1 amide bonds. The van der Waals surface area contributed by atoms with Gasteiger partial charge in [-0.15, -0.1) is 0 Å². The number of nitrogens with one attached hydrogen (secondary N) is 1. The fourth-order valence-electron chi connectivity index (χ4n) is 2.75. The molecule has 0 spiro atoms. The van der Waals surface area contributed by atoms with Crippen molar-refractivity contribution >= 4 is 29.3 Å². The van der Waals surface area contributed by atoms with Gasteiger partial charge in [-0.1, -0.05) is 6.07 Å². The number of esters is 1. The highest BCUT2D eigenvalue weighted by Crippen LogP contribution is 2.31. The summed E-state index contributed by atoms with van der Waals surface area (Å²) in [6.45, 7) is 3.88. The number of benzene rings is 2. The van der Waals surface area contributed by atoms with Crippen LogP contribution in [0.1, 0.15) is 16.7 Å². The van der Waals surface area contributed by atoms with Gasteiger partial charge in [0.2, 0.25) is 0 Å². The van der Waals surface area contributed by atoms with Crippen LogP contribution in [-0.2, 0) is 14.3 Å². The van der Waals surface area contributed by atoms with E-state index >= 15 is 0 Å². The van der Waals surface area contributed by atoms with Crippen LogP contribution in [0.3, 0.4) is 0 Å². The summed E-state index contributed by atoms with van der Waals surface area (Å²) in [6, 6.07) is 8.11. The Morgan fingerprint density at radius 3 is 2.57 bits per heavy atom. The average Bonchev–Trinajstić information content (AvgIpc) is 2.72. The Kier molecular flexibility index (Phi) is 6.31. The monoisotopic (exact) mass is 412 g/mol. The van der Waals surface area contributed by atoms with Crippen LogP contribution in [0.25, 0.3) is 6.08 Å². The van der Waals surface area contributed by atoms with Crippen molar-refractivity contribution in [2.45, 2.75) is 13.8 Å². The zero-order chi connectivity index (χ0) is 21.7. The van der Waals surface area contributed by atoms with Gasteiger partial charge in [0.05, 0.1) is 4.92 Å². The number of fused-ring (bicyclic) bond motifs is 1. The Morgan fingerprint density at radius 1 is 1.13 bits per heavy atom. The number of carbonyl (C=O) groups is 2. The third-order valence-electron chi connectivity index (χ3n) is 4.41. The maximum Gasteiger partial charge on any atom is 0.331 e. The Morgan fingerprint density at radius 2 is 1.83 bits per heavy atom. The summed E-state index contributed by atoms with van der Waals surface area (Å²) in [4.78, 5) is 34.5. The highest BCUT2D eigenvalue weighted by molar-refractivity contribution is 5.96. The normalized spacial score (nSPS) is 12.5.